The van der Waals surface area contributed by atoms with Gasteiger partial charge in [-0.05, 0) is 25.1 Å². The number of ketones is 1. The highest BCUT2D eigenvalue weighted by molar-refractivity contribution is 6.00. The Morgan fingerprint density at radius 1 is 1.47 bits per heavy atom. The topological polar surface area (TPSA) is 47.6 Å². The molecule has 0 aliphatic carbocycles. The van der Waals surface area contributed by atoms with Gasteiger partial charge in [-0.1, -0.05) is 6.92 Å². The third-order valence-corrected chi connectivity index (χ3v) is 3.74. The van der Waals surface area contributed by atoms with Gasteiger partial charge in [0.15, 0.2) is 5.78 Å². The van der Waals surface area contributed by atoms with E-state index < -0.39 is 0 Å². The lowest BCUT2D eigenvalue weighted by Crippen LogP contribution is -2.43. The lowest BCUT2D eigenvalue weighted by Gasteiger charge is -2.34. The number of fused-ring (bicyclic) bond motifs is 1. The van der Waals surface area contributed by atoms with Crippen molar-refractivity contribution >= 4 is 5.78 Å². The lowest BCUT2D eigenvalue weighted by atomic mass is 9.89. The summed E-state index contributed by atoms with van der Waals surface area (Å²) in [6.45, 7) is 4.41. The summed E-state index contributed by atoms with van der Waals surface area (Å²) in [5, 5.41) is 3.27. The second-order valence-corrected chi connectivity index (χ2v) is 5.32. The van der Waals surface area contributed by atoms with Gasteiger partial charge >= 0.3 is 0 Å². The van der Waals surface area contributed by atoms with Gasteiger partial charge in [0.25, 0.3) is 0 Å². The van der Waals surface area contributed by atoms with Gasteiger partial charge < -0.3 is 14.8 Å². The smallest absolute Gasteiger partial charge is 0.170 e. The summed E-state index contributed by atoms with van der Waals surface area (Å²) in [6, 6.07) is 5.51. The predicted molar refractivity (Wildman–Crippen MR) is 72.0 cm³/mol. The standard InChI is InChI=1S/C15H19NO3/c1-2-7-18-11-3-4-12-13(17)9-15(5-6-16-10-15)19-14(12)8-11/h3-4,8,16H,2,5-7,9-10H2,1H3. The molecule has 2 aliphatic heterocycles. The normalized spacial score (nSPS) is 25.2. The van der Waals surface area contributed by atoms with E-state index >= 15 is 0 Å². The fraction of sp³-hybridized carbons (Fsp3) is 0.533. The van der Waals surface area contributed by atoms with E-state index in [0.29, 0.717) is 24.3 Å². The molecule has 3 rings (SSSR count). The van der Waals surface area contributed by atoms with Crippen molar-refractivity contribution in [3.8, 4) is 11.5 Å². The van der Waals surface area contributed by atoms with Crippen molar-refractivity contribution in [2.24, 2.45) is 0 Å². The third kappa shape index (κ3) is 2.32. The van der Waals surface area contributed by atoms with E-state index in [1.807, 2.05) is 18.2 Å². The number of hydrogen-bond acceptors (Lipinski definition) is 4. The highest BCUT2D eigenvalue weighted by Crippen LogP contribution is 2.38. The molecule has 0 bridgehead atoms. The second kappa shape index (κ2) is 4.85. The van der Waals surface area contributed by atoms with Crippen molar-refractivity contribution < 1.29 is 14.3 Å². The Kier molecular flexibility index (Phi) is 3.19. The molecule has 0 radical (unpaired) electrons. The van der Waals surface area contributed by atoms with Crippen LogP contribution in [-0.4, -0.2) is 31.1 Å². The summed E-state index contributed by atoms with van der Waals surface area (Å²) < 4.78 is 11.7. The van der Waals surface area contributed by atoms with Crippen molar-refractivity contribution in [1.82, 2.24) is 5.32 Å². The van der Waals surface area contributed by atoms with Gasteiger partial charge in [-0.3, -0.25) is 4.79 Å². The summed E-state index contributed by atoms with van der Waals surface area (Å²) >= 11 is 0. The summed E-state index contributed by atoms with van der Waals surface area (Å²) in [6.07, 6.45) is 2.32. The molecule has 1 spiro atoms. The fourth-order valence-corrected chi connectivity index (χ4v) is 2.74. The van der Waals surface area contributed by atoms with Crippen molar-refractivity contribution in [3.05, 3.63) is 23.8 Å². The average Bonchev–Trinajstić information content (AvgIpc) is 2.83. The first kappa shape index (κ1) is 12.5. The molecular formula is C15H19NO3. The molecule has 1 N–H and O–H groups in total. The molecule has 1 aromatic carbocycles. The Labute approximate surface area is 113 Å². The number of carbonyl (C=O) groups is 1. The number of hydrogen-bond donors (Lipinski definition) is 1. The Hall–Kier alpha value is -1.55. The zero-order valence-electron chi connectivity index (χ0n) is 11.2. The lowest BCUT2D eigenvalue weighted by molar-refractivity contribution is 0.0526. The Balaban J connectivity index is 1.88. The average molecular weight is 261 g/mol. The largest absolute Gasteiger partial charge is 0.493 e. The van der Waals surface area contributed by atoms with Crippen LogP contribution in [0.25, 0.3) is 0 Å². The molecule has 0 saturated carbocycles. The van der Waals surface area contributed by atoms with Crippen molar-refractivity contribution in [2.75, 3.05) is 19.7 Å². The van der Waals surface area contributed by atoms with Crippen molar-refractivity contribution in [2.45, 2.75) is 31.8 Å². The predicted octanol–water partition coefficient (Wildman–Crippen LogP) is 2.17. The number of Topliss-reactive ketones (excluding diaryl/α,β-unsaturated/α-hetero) is 1. The molecule has 1 unspecified atom stereocenters. The molecule has 0 amide bonds. The maximum absolute atomic E-state index is 12.2. The Morgan fingerprint density at radius 3 is 3.11 bits per heavy atom. The molecule has 4 heteroatoms. The first-order valence-corrected chi connectivity index (χ1v) is 6.92. The molecule has 2 heterocycles. The van der Waals surface area contributed by atoms with Gasteiger partial charge in [-0.15, -0.1) is 0 Å². The first-order valence-electron chi connectivity index (χ1n) is 6.92. The molecule has 4 nitrogen and oxygen atoms in total. The van der Waals surface area contributed by atoms with E-state index in [0.717, 1.165) is 31.7 Å². The van der Waals surface area contributed by atoms with Crippen LogP contribution in [0.15, 0.2) is 18.2 Å². The van der Waals surface area contributed by atoms with Gasteiger partial charge in [-0.2, -0.15) is 0 Å². The Morgan fingerprint density at radius 2 is 2.37 bits per heavy atom. The van der Waals surface area contributed by atoms with Crippen LogP contribution in [0.3, 0.4) is 0 Å². The minimum Gasteiger partial charge on any atom is -0.493 e. The molecule has 102 valence electrons. The maximum Gasteiger partial charge on any atom is 0.170 e. The van der Waals surface area contributed by atoms with Crippen LogP contribution in [0.2, 0.25) is 0 Å². The number of rotatable bonds is 3. The summed E-state index contributed by atoms with van der Waals surface area (Å²) in [7, 11) is 0. The minimum absolute atomic E-state index is 0.173. The molecular weight excluding hydrogens is 242 g/mol. The number of ether oxygens (including phenoxy) is 2. The van der Waals surface area contributed by atoms with Crippen LogP contribution in [-0.2, 0) is 0 Å². The van der Waals surface area contributed by atoms with Gasteiger partial charge in [0, 0.05) is 19.0 Å². The van der Waals surface area contributed by atoms with Crippen LogP contribution in [0.1, 0.15) is 36.5 Å². The molecule has 0 aromatic heterocycles. The van der Waals surface area contributed by atoms with Gasteiger partial charge in [-0.25, -0.2) is 0 Å². The number of nitrogens with one attached hydrogen (secondary N) is 1. The van der Waals surface area contributed by atoms with E-state index in [4.69, 9.17) is 9.47 Å². The second-order valence-electron chi connectivity index (χ2n) is 5.32. The zero-order chi connectivity index (χ0) is 13.3. The van der Waals surface area contributed by atoms with Gasteiger partial charge in [0.05, 0.1) is 18.6 Å². The zero-order valence-corrected chi connectivity index (χ0v) is 11.2. The highest BCUT2D eigenvalue weighted by atomic mass is 16.5. The van der Waals surface area contributed by atoms with Crippen molar-refractivity contribution in [3.63, 3.8) is 0 Å². The molecule has 2 aliphatic rings. The summed E-state index contributed by atoms with van der Waals surface area (Å²) in [5.74, 6) is 1.62. The quantitative estimate of drug-likeness (QED) is 0.906. The molecule has 1 aromatic rings. The van der Waals surface area contributed by atoms with E-state index in [1.54, 1.807) is 0 Å². The van der Waals surface area contributed by atoms with Crippen LogP contribution in [0, 0.1) is 0 Å². The number of carbonyl (C=O) groups excluding carboxylic acids is 1. The van der Waals surface area contributed by atoms with E-state index in [-0.39, 0.29) is 11.4 Å². The molecule has 19 heavy (non-hydrogen) atoms. The van der Waals surface area contributed by atoms with E-state index in [9.17, 15) is 4.79 Å². The van der Waals surface area contributed by atoms with Crippen LogP contribution < -0.4 is 14.8 Å². The van der Waals surface area contributed by atoms with Crippen LogP contribution >= 0.6 is 0 Å². The first-order chi connectivity index (χ1) is 9.22. The molecule has 1 saturated heterocycles. The fourth-order valence-electron chi connectivity index (χ4n) is 2.74. The monoisotopic (exact) mass is 261 g/mol. The SMILES string of the molecule is CCCOc1ccc2c(c1)OC1(CCNC1)CC2=O. The van der Waals surface area contributed by atoms with E-state index in [1.165, 1.54) is 0 Å². The molecule has 1 atom stereocenters. The molecule has 1 fully saturated rings. The summed E-state index contributed by atoms with van der Waals surface area (Å²) in [5.41, 5.74) is 0.342. The third-order valence-electron chi connectivity index (χ3n) is 3.74. The number of benzene rings is 1. The Bertz CT molecular complexity index is 492. The summed E-state index contributed by atoms with van der Waals surface area (Å²) in [4.78, 5) is 12.2. The van der Waals surface area contributed by atoms with Gasteiger partial charge in [0.2, 0.25) is 0 Å². The van der Waals surface area contributed by atoms with Gasteiger partial charge in [0.1, 0.15) is 17.1 Å². The van der Waals surface area contributed by atoms with Crippen LogP contribution in [0.4, 0.5) is 0 Å². The minimum atomic E-state index is -0.340. The van der Waals surface area contributed by atoms with E-state index in [2.05, 4.69) is 12.2 Å². The van der Waals surface area contributed by atoms with Crippen LogP contribution in [0.5, 0.6) is 11.5 Å². The maximum atomic E-state index is 12.2. The highest BCUT2D eigenvalue weighted by Gasteiger charge is 2.42. The van der Waals surface area contributed by atoms with Crippen molar-refractivity contribution in [1.29, 1.82) is 0 Å².